The van der Waals surface area contributed by atoms with Gasteiger partial charge in [0.25, 0.3) is 0 Å². The van der Waals surface area contributed by atoms with Gasteiger partial charge in [0.05, 0.1) is 5.56 Å². The molecule has 1 aromatic rings. The van der Waals surface area contributed by atoms with Crippen LogP contribution in [0.2, 0.25) is 0 Å². The minimum Gasteiger partial charge on any atom is -0.384 e. The summed E-state index contributed by atoms with van der Waals surface area (Å²) >= 11 is 0. The van der Waals surface area contributed by atoms with E-state index in [4.69, 9.17) is 11.0 Å². The van der Waals surface area contributed by atoms with Crippen LogP contribution in [0.3, 0.4) is 0 Å². The van der Waals surface area contributed by atoms with E-state index in [1.807, 2.05) is 6.07 Å². The van der Waals surface area contributed by atoms with Crippen LogP contribution in [0.4, 0.5) is 5.82 Å². The molecular formula is C10H11N3. The van der Waals surface area contributed by atoms with Gasteiger partial charge in [0, 0.05) is 6.20 Å². The molecule has 1 aliphatic carbocycles. The minimum atomic E-state index is 0.509. The molecular weight excluding hydrogens is 162 g/mol. The van der Waals surface area contributed by atoms with E-state index in [2.05, 4.69) is 11.1 Å². The molecule has 1 heterocycles. The lowest BCUT2D eigenvalue weighted by Crippen LogP contribution is -1.97. The summed E-state index contributed by atoms with van der Waals surface area (Å²) < 4.78 is 0. The second-order valence-corrected chi connectivity index (χ2v) is 3.53. The zero-order valence-electron chi connectivity index (χ0n) is 7.33. The molecule has 0 aliphatic heterocycles. The van der Waals surface area contributed by atoms with Crippen LogP contribution in [-0.2, 0) is 6.42 Å². The molecule has 1 aromatic heterocycles. The van der Waals surface area contributed by atoms with Crippen LogP contribution in [-0.4, -0.2) is 4.98 Å². The van der Waals surface area contributed by atoms with Gasteiger partial charge in [0.2, 0.25) is 0 Å². The Bertz CT molecular complexity index is 361. The van der Waals surface area contributed by atoms with E-state index in [1.54, 1.807) is 6.20 Å². The van der Waals surface area contributed by atoms with Crippen molar-refractivity contribution < 1.29 is 0 Å². The van der Waals surface area contributed by atoms with Gasteiger partial charge in [0.1, 0.15) is 11.9 Å². The number of nitrogens with zero attached hydrogens (tertiary/aromatic N) is 2. The van der Waals surface area contributed by atoms with E-state index in [9.17, 15) is 0 Å². The SMILES string of the molecule is N#Cc1cnc(N)cc1CC1CC1. The van der Waals surface area contributed by atoms with Crippen molar-refractivity contribution in [1.29, 1.82) is 5.26 Å². The van der Waals surface area contributed by atoms with Gasteiger partial charge in [-0.1, -0.05) is 0 Å². The summed E-state index contributed by atoms with van der Waals surface area (Å²) in [5, 5.41) is 8.81. The van der Waals surface area contributed by atoms with Crippen LogP contribution in [0.15, 0.2) is 12.3 Å². The molecule has 0 amide bonds. The molecule has 0 saturated heterocycles. The van der Waals surface area contributed by atoms with Crippen LogP contribution < -0.4 is 5.73 Å². The van der Waals surface area contributed by atoms with Gasteiger partial charge >= 0.3 is 0 Å². The summed E-state index contributed by atoms with van der Waals surface area (Å²) in [7, 11) is 0. The Morgan fingerprint density at radius 2 is 2.38 bits per heavy atom. The number of hydrogen-bond acceptors (Lipinski definition) is 3. The molecule has 0 aromatic carbocycles. The third-order valence-corrected chi connectivity index (χ3v) is 2.34. The average molecular weight is 173 g/mol. The van der Waals surface area contributed by atoms with Gasteiger partial charge in [-0.25, -0.2) is 4.98 Å². The largest absolute Gasteiger partial charge is 0.384 e. The molecule has 0 spiro atoms. The molecule has 1 fully saturated rings. The summed E-state index contributed by atoms with van der Waals surface area (Å²) in [6, 6.07) is 3.95. The lowest BCUT2D eigenvalue weighted by atomic mass is 10.1. The molecule has 1 saturated carbocycles. The fourth-order valence-corrected chi connectivity index (χ4v) is 1.42. The van der Waals surface area contributed by atoms with Gasteiger partial charge in [-0.15, -0.1) is 0 Å². The fraction of sp³-hybridized carbons (Fsp3) is 0.400. The number of hydrogen-bond donors (Lipinski definition) is 1. The number of nitrogen functional groups attached to an aromatic ring is 1. The molecule has 0 unspecified atom stereocenters. The zero-order valence-corrected chi connectivity index (χ0v) is 7.33. The van der Waals surface area contributed by atoms with Crippen molar-refractivity contribution in [2.75, 3.05) is 5.73 Å². The second kappa shape index (κ2) is 3.06. The predicted octanol–water partition coefficient (Wildman–Crippen LogP) is 1.49. The van der Waals surface area contributed by atoms with Crippen molar-refractivity contribution in [3.05, 3.63) is 23.4 Å². The number of aromatic nitrogens is 1. The Hall–Kier alpha value is -1.56. The summed E-state index contributed by atoms with van der Waals surface area (Å²) in [6.45, 7) is 0. The minimum absolute atomic E-state index is 0.509. The summed E-state index contributed by atoms with van der Waals surface area (Å²) in [5.41, 5.74) is 7.28. The van der Waals surface area contributed by atoms with Crippen LogP contribution in [0.25, 0.3) is 0 Å². The highest BCUT2D eigenvalue weighted by atomic mass is 14.8. The topological polar surface area (TPSA) is 62.7 Å². The number of pyridine rings is 1. The van der Waals surface area contributed by atoms with E-state index in [0.29, 0.717) is 11.4 Å². The number of nitriles is 1. The van der Waals surface area contributed by atoms with Gasteiger partial charge in [-0.3, -0.25) is 0 Å². The Morgan fingerprint density at radius 3 is 3.00 bits per heavy atom. The molecule has 3 heteroatoms. The van der Waals surface area contributed by atoms with E-state index >= 15 is 0 Å². The standard InChI is InChI=1S/C10H11N3/c11-5-9-6-13-10(12)4-8(9)3-7-1-2-7/h4,6-7H,1-3H2,(H2,12,13). The fourth-order valence-electron chi connectivity index (χ4n) is 1.42. The third kappa shape index (κ3) is 1.78. The summed E-state index contributed by atoms with van der Waals surface area (Å²) in [6.07, 6.45) is 5.11. The van der Waals surface area contributed by atoms with E-state index < -0.39 is 0 Å². The van der Waals surface area contributed by atoms with Crippen LogP contribution in [0.5, 0.6) is 0 Å². The van der Waals surface area contributed by atoms with Gasteiger partial charge in [-0.05, 0) is 36.8 Å². The Labute approximate surface area is 77.2 Å². The molecule has 0 radical (unpaired) electrons. The highest BCUT2D eigenvalue weighted by Gasteiger charge is 2.22. The smallest absolute Gasteiger partial charge is 0.123 e. The molecule has 66 valence electrons. The normalized spacial score (nSPS) is 15.3. The maximum atomic E-state index is 8.81. The quantitative estimate of drug-likeness (QED) is 0.736. The van der Waals surface area contributed by atoms with Crippen molar-refractivity contribution in [3.63, 3.8) is 0 Å². The monoisotopic (exact) mass is 173 g/mol. The van der Waals surface area contributed by atoms with Crippen molar-refractivity contribution in [2.24, 2.45) is 5.92 Å². The zero-order chi connectivity index (χ0) is 9.26. The lowest BCUT2D eigenvalue weighted by molar-refractivity contribution is 0.828. The van der Waals surface area contributed by atoms with E-state index in [1.165, 1.54) is 12.8 Å². The average Bonchev–Trinajstić information content (AvgIpc) is 2.89. The first-order valence-electron chi connectivity index (χ1n) is 4.44. The molecule has 13 heavy (non-hydrogen) atoms. The molecule has 2 N–H and O–H groups in total. The van der Waals surface area contributed by atoms with Crippen molar-refractivity contribution in [1.82, 2.24) is 4.98 Å². The summed E-state index contributed by atoms with van der Waals surface area (Å²) in [4.78, 5) is 3.89. The number of anilines is 1. The van der Waals surface area contributed by atoms with Gasteiger partial charge in [-0.2, -0.15) is 5.26 Å². The number of rotatable bonds is 2. The molecule has 1 aliphatic rings. The molecule has 0 atom stereocenters. The van der Waals surface area contributed by atoms with E-state index in [-0.39, 0.29) is 0 Å². The Balaban J connectivity index is 2.29. The predicted molar refractivity (Wildman–Crippen MR) is 49.8 cm³/mol. The number of nitrogens with two attached hydrogens (primary N) is 1. The third-order valence-electron chi connectivity index (χ3n) is 2.34. The van der Waals surface area contributed by atoms with Gasteiger partial charge < -0.3 is 5.73 Å². The molecule has 2 rings (SSSR count). The first-order chi connectivity index (χ1) is 6.29. The van der Waals surface area contributed by atoms with Crippen molar-refractivity contribution >= 4 is 5.82 Å². The Kier molecular flexibility index (Phi) is 1.90. The second-order valence-electron chi connectivity index (χ2n) is 3.53. The van der Waals surface area contributed by atoms with Crippen LogP contribution >= 0.6 is 0 Å². The summed E-state index contributed by atoms with van der Waals surface area (Å²) in [5.74, 6) is 1.28. The highest BCUT2D eigenvalue weighted by Crippen LogP contribution is 2.33. The van der Waals surface area contributed by atoms with Crippen LogP contribution in [0, 0.1) is 17.2 Å². The molecule has 3 nitrogen and oxygen atoms in total. The first-order valence-corrected chi connectivity index (χ1v) is 4.44. The maximum Gasteiger partial charge on any atom is 0.123 e. The maximum absolute atomic E-state index is 8.81. The molecule has 0 bridgehead atoms. The van der Waals surface area contributed by atoms with Gasteiger partial charge in [0.15, 0.2) is 0 Å². The van der Waals surface area contributed by atoms with E-state index in [0.717, 1.165) is 17.9 Å². The Morgan fingerprint density at radius 1 is 1.62 bits per heavy atom. The lowest BCUT2D eigenvalue weighted by Gasteiger charge is -2.02. The van der Waals surface area contributed by atoms with Crippen molar-refractivity contribution in [2.45, 2.75) is 19.3 Å². The first kappa shape index (κ1) is 8.06. The van der Waals surface area contributed by atoms with Crippen LogP contribution in [0.1, 0.15) is 24.0 Å². The van der Waals surface area contributed by atoms with Crippen molar-refractivity contribution in [3.8, 4) is 6.07 Å². The highest BCUT2D eigenvalue weighted by molar-refractivity contribution is 5.43.